The SMILES string of the molecule is Cc1ccc(C)c2c1NC(=O)C21CCC1. The van der Waals surface area contributed by atoms with Crippen LogP contribution >= 0.6 is 0 Å². The van der Waals surface area contributed by atoms with Crippen LogP contribution in [0, 0.1) is 13.8 Å². The summed E-state index contributed by atoms with van der Waals surface area (Å²) in [6.45, 7) is 4.18. The number of aryl methyl sites for hydroxylation is 2. The number of carbonyl (C=O) groups excluding carboxylic acids is 1. The summed E-state index contributed by atoms with van der Waals surface area (Å²) in [6, 6.07) is 4.22. The van der Waals surface area contributed by atoms with E-state index in [1.807, 2.05) is 0 Å². The number of benzene rings is 1. The average Bonchev–Trinajstić information content (AvgIpc) is 2.45. The van der Waals surface area contributed by atoms with Gasteiger partial charge in [-0.25, -0.2) is 0 Å². The van der Waals surface area contributed by atoms with Crippen LogP contribution in [0.15, 0.2) is 12.1 Å². The molecular formula is C13H15NO. The molecule has 0 atom stereocenters. The van der Waals surface area contributed by atoms with Crippen LogP contribution in [0.3, 0.4) is 0 Å². The maximum Gasteiger partial charge on any atom is 0.235 e. The van der Waals surface area contributed by atoms with Gasteiger partial charge in [-0.1, -0.05) is 18.6 Å². The van der Waals surface area contributed by atoms with E-state index in [0.717, 1.165) is 18.5 Å². The highest BCUT2D eigenvalue weighted by molar-refractivity contribution is 6.08. The second-order valence-corrected chi connectivity index (χ2v) is 4.84. The Kier molecular flexibility index (Phi) is 1.57. The average molecular weight is 201 g/mol. The summed E-state index contributed by atoms with van der Waals surface area (Å²) in [7, 11) is 0. The van der Waals surface area contributed by atoms with E-state index in [0.29, 0.717) is 0 Å². The highest BCUT2D eigenvalue weighted by Gasteiger charge is 2.51. The van der Waals surface area contributed by atoms with Crippen LogP contribution in [0.1, 0.15) is 36.0 Å². The van der Waals surface area contributed by atoms with Crippen molar-refractivity contribution in [2.75, 3.05) is 5.32 Å². The molecule has 1 N–H and O–H groups in total. The summed E-state index contributed by atoms with van der Waals surface area (Å²) in [5.41, 5.74) is 4.64. The first-order chi connectivity index (χ1) is 7.15. The summed E-state index contributed by atoms with van der Waals surface area (Å²) in [5.74, 6) is 0.223. The molecule has 15 heavy (non-hydrogen) atoms. The van der Waals surface area contributed by atoms with Crippen LogP contribution in [0.25, 0.3) is 0 Å². The second kappa shape index (κ2) is 2.63. The van der Waals surface area contributed by atoms with E-state index in [4.69, 9.17) is 0 Å². The quantitative estimate of drug-likeness (QED) is 0.687. The maximum atomic E-state index is 12.0. The van der Waals surface area contributed by atoms with Gasteiger partial charge in [0, 0.05) is 5.69 Å². The number of hydrogen-bond acceptors (Lipinski definition) is 1. The predicted molar refractivity (Wildman–Crippen MR) is 60.1 cm³/mol. The third-order valence-electron chi connectivity index (χ3n) is 3.98. The lowest BCUT2D eigenvalue weighted by Gasteiger charge is -2.37. The minimum Gasteiger partial charge on any atom is -0.325 e. The van der Waals surface area contributed by atoms with Crippen molar-refractivity contribution < 1.29 is 4.79 Å². The number of hydrogen-bond donors (Lipinski definition) is 1. The normalized spacial score (nSPS) is 21.1. The van der Waals surface area contributed by atoms with Crippen LogP contribution in [0.4, 0.5) is 5.69 Å². The van der Waals surface area contributed by atoms with Crippen LogP contribution in [0.5, 0.6) is 0 Å². The van der Waals surface area contributed by atoms with Crippen molar-refractivity contribution in [3.63, 3.8) is 0 Å². The zero-order valence-electron chi connectivity index (χ0n) is 9.18. The molecule has 2 heteroatoms. The molecule has 0 radical (unpaired) electrons. The molecule has 1 aromatic rings. The van der Waals surface area contributed by atoms with Gasteiger partial charge in [-0.2, -0.15) is 0 Å². The van der Waals surface area contributed by atoms with Gasteiger partial charge in [0.2, 0.25) is 5.91 Å². The lowest BCUT2D eigenvalue weighted by atomic mass is 9.64. The van der Waals surface area contributed by atoms with Gasteiger partial charge in [0.1, 0.15) is 0 Å². The first-order valence-electron chi connectivity index (χ1n) is 5.57. The first kappa shape index (κ1) is 8.96. The topological polar surface area (TPSA) is 29.1 Å². The van der Waals surface area contributed by atoms with Gasteiger partial charge >= 0.3 is 0 Å². The molecular weight excluding hydrogens is 186 g/mol. The van der Waals surface area contributed by atoms with Crippen LogP contribution in [0.2, 0.25) is 0 Å². The van der Waals surface area contributed by atoms with E-state index < -0.39 is 0 Å². The molecule has 1 heterocycles. The van der Waals surface area contributed by atoms with E-state index in [1.54, 1.807) is 0 Å². The summed E-state index contributed by atoms with van der Waals surface area (Å²) >= 11 is 0. The predicted octanol–water partition coefficient (Wildman–Crippen LogP) is 2.68. The van der Waals surface area contributed by atoms with Gasteiger partial charge < -0.3 is 5.32 Å². The molecule has 3 rings (SSSR count). The van der Waals surface area contributed by atoms with Crippen molar-refractivity contribution in [3.05, 3.63) is 28.8 Å². The Morgan fingerprint density at radius 2 is 1.87 bits per heavy atom. The molecule has 1 fully saturated rings. The monoisotopic (exact) mass is 201 g/mol. The number of carbonyl (C=O) groups is 1. The lowest BCUT2D eigenvalue weighted by molar-refractivity contribution is -0.123. The van der Waals surface area contributed by atoms with E-state index >= 15 is 0 Å². The summed E-state index contributed by atoms with van der Waals surface area (Å²) in [6.07, 6.45) is 3.23. The third kappa shape index (κ3) is 0.921. The van der Waals surface area contributed by atoms with Crippen molar-refractivity contribution in [3.8, 4) is 0 Å². The van der Waals surface area contributed by atoms with Gasteiger partial charge in [-0.3, -0.25) is 4.79 Å². The molecule has 0 saturated heterocycles. The van der Waals surface area contributed by atoms with E-state index in [1.165, 1.54) is 23.1 Å². The molecule has 0 unspecified atom stereocenters. The van der Waals surface area contributed by atoms with E-state index in [9.17, 15) is 4.79 Å². The highest BCUT2D eigenvalue weighted by atomic mass is 16.2. The minimum atomic E-state index is -0.161. The van der Waals surface area contributed by atoms with Crippen LogP contribution in [-0.4, -0.2) is 5.91 Å². The standard InChI is InChI=1S/C13H15NO/c1-8-4-5-9(2)11-10(8)13(6-3-7-13)12(15)14-11/h4-5H,3,6-7H2,1-2H3,(H,14,15). The Balaban J connectivity index is 2.28. The molecule has 0 bridgehead atoms. The van der Waals surface area contributed by atoms with E-state index in [-0.39, 0.29) is 11.3 Å². The Bertz CT molecular complexity index is 458. The van der Waals surface area contributed by atoms with Crippen LogP contribution < -0.4 is 5.32 Å². The molecule has 0 aromatic heterocycles. The molecule has 2 nitrogen and oxygen atoms in total. The summed E-state index contributed by atoms with van der Waals surface area (Å²) < 4.78 is 0. The van der Waals surface area contributed by atoms with Crippen molar-refractivity contribution in [2.24, 2.45) is 0 Å². The first-order valence-corrected chi connectivity index (χ1v) is 5.57. The Hall–Kier alpha value is -1.31. The molecule has 1 aliphatic carbocycles. The molecule has 1 aliphatic heterocycles. The molecule has 1 spiro atoms. The largest absolute Gasteiger partial charge is 0.325 e. The zero-order valence-corrected chi connectivity index (χ0v) is 9.18. The second-order valence-electron chi connectivity index (χ2n) is 4.84. The van der Waals surface area contributed by atoms with Gasteiger partial charge in [0.05, 0.1) is 5.41 Å². The molecule has 2 aliphatic rings. The van der Waals surface area contributed by atoms with Crippen molar-refractivity contribution in [1.82, 2.24) is 0 Å². The fourth-order valence-electron chi connectivity index (χ4n) is 2.94. The van der Waals surface area contributed by atoms with E-state index in [2.05, 4.69) is 31.3 Å². The minimum absolute atomic E-state index is 0.161. The molecule has 1 amide bonds. The fraction of sp³-hybridized carbons (Fsp3) is 0.462. The molecule has 1 aromatic carbocycles. The number of amides is 1. The Labute approximate surface area is 89.7 Å². The van der Waals surface area contributed by atoms with Crippen molar-refractivity contribution in [2.45, 2.75) is 38.5 Å². The van der Waals surface area contributed by atoms with Gasteiger partial charge in [-0.05, 0) is 43.4 Å². The third-order valence-corrected chi connectivity index (χ3v) is 3.98. The summed E-state index contributed by atoms with van der Waals surface area (Å²) in [5, 5.41) is 3.06. The van der Waals surface area contributed by atoms with Crippen LogP contribution in [-0.2, 0) is 10.2 Å². The summed E-state index contributed by atoms with van der Waals surface area (Å²) in [4.78, 5) is 12.0. The van der Waals surface area contributed by atoms with Crippen molar-refractivity contribution in [1.29, 1.82) is 0 Å². The Morgan fingerprint density at radius 3 is 2.47 bits per heavy atom. The smallest absolute Gasteiger partial charge is 0.235 e. The number of nitrogens with one attached hydrogen (secondary N) is 1. The molecule has 1 saturated carbocycles. The van der Waals surface area contributed by atoms with Gasteiger partial charge in [-0.15, -0.1) is 0 Å². The number of fused-ring (bicyclic) bond motifs is 2. The maximum absolute atomic E-state index is 12.0. The van der Waals surface area contributed by atoms with Crippen molar-refractivity contribution >= 4 is 11.6 Å². The fourth-order valence-corrected chi connectivity index (χ4v) is 2.94. The molecule has 78 valence electrons. The lowest BCUT2D eigenvalue weighted by Crippen LogP contribution is -2.41. The number of rotatable bonds is 0. The Morgan fingerprint density at radius 1 is 1.20 bits per heavy atom. The van der Waals surface area contributed by atoms with Gasteiger partial charge in [0.25, 0.3) is 0 Å². The van der Waals surface area contributed by atoms with Gasteiger partial charge in [0.15, 0.2) is 0 Å². The highest BCUT2D eigenvalue weighted by Crippen LogP contribution is 2.52. The number of anilines is 1. The zero-order chi connectivity index (χ0) is 10.6.